The highest BCUT2D eigenvalue weighted by molar-refractivity contribution is 7.92. The Morgan fingerprint density at radius 1 is 0.875 bits per heavy atom. The second-order valence-electron chi connectivity index (χ2n) is 11.5. The number of carbonyl (C=O) groups excluding carboxylic acids is 2. The Morgan fingerprint density at radius 2 is 1.56 bits per heavy atom. The fourth-order valence-electron chi connectivity index (χ4n) is 5.91. The molecule has 0 spiro atoms. The van der Waals surface area contributed by atoms with Gasteiger partial charge >= 0.3 is 0 Å². The Morgan fingerprint density at radius 3 is 2.21 bits per heavy atom. The zero-order valence-electron chi connectivity index (χ0n) is 28.0. The molecule has 1 fully saturated rings. The van der Waals surface area contributed by atoms with Crippen molar-refractivity contribution in [3.8, 4) is 23.0 Å². The molecule has 3 aromatic carbocycles. The summed E-state index contributed by atoms with van der Waals surface area (Å²) < 4.78 is 51.5. The third-order valence-corrected chi connectivity index (χ3v) is 10.4. The Balaban J connectivity index is 1.80. The lowest BCUT2D eigenvalue weighted by Crippen LogP contribution is -2.54. The first-order valence-electron chi connectivity index (χ1n) is 15.9. The fraction of sp³-hybridized carbons (Fsp3) is 0.429. The first kappa shape index (κ1) is 36.7. The van der Waals surface area contributed by atoms with E-state index in [1.54, 1.807) is 31.4 Å². The van der Waals surface area contributed by atoms with Crippen molar-refractivity contribution in [2.75, 3.05) is 39.3 Å². The molecule has 0 aliphatic heterocycles. The number of amides is 2. The molecule has 0 aromatic heterocycles. The molecule has 0 heterocycles. The summed E-state index contributed by atoms with van der Waals surface area (Å²) in [6.07, 6.45) is 5.23. The molecule has 13 heteroatoms. The van der Waals surface area contributed by atoms with Gasteiger partial charge in [-0.05, 0) is 67.3 Å². The van der Waals surface area contributed by atoms with Gasteiger partial charge in [0.2, 0.25) is 11.8 Å². The summed E-state index contributed by atoms with van der Waals surface area (Å²) in [4.78, 5) is 29.7. The monoisotopic (exact) mass is 701 g/mol. The molecule has 1 saturated carbocycles. The molecule has 1 N–H and O–H groups in total. The van der Waals surface area contributed by atoms with Crippen LogP contribution in [-0.4, -0.2) is 72.2 Å². The minimum atomic E-state index is -4.46. The number of hydrogen-bond donors (Lipinski definition) is 1. The summed E-state index contributed by atoms with van der Waals surface area (Å²) in [5.41, 5.74) is 0.760. The number of anilines is 1. The molecule has 2 amide bonds. The number of methoxy groups -OCH3 is 4. The summed E-state index contributed by atoms with van der Waals surface area (Å²) in [5.74, 6) is 0.398. The minimum absolute atomic E-state index is 0.0201. The van der Waals surface area contributed by atoms with Crippen LogP contribution in [0.1, 0.15) is 51.0 Å². The van der Waals surface area contributed by atoms with E-state index in [0.717, 1.165) is 36.4 Å². The summed E-state index contributed by atoms with van der Waals surface area (Å²) in [6.45, 7) is 1.20. The lowest BCUT2D eigenvalue weighted by molar-refractivity contribution is -0.140. The van der Waals surface area contributed by atoms with E-state index in [1.807, 2.05) is 13.0 Å². The molecule has 48 heavy (non-hydrogen) atoms. The number of sulfonamides is 1. The van der Waals surface area contributed by atoms with E-state index in [2.05, 4.69) is 5.32 Å². The Bertz CT molecular complexity index is 1680. The highest BCUT2D eigenvalue weighted by Gasteiger charge is 2.36. The smallest absolute Gasteiger partial charge is 0.265 e. The van der Waals surface area contributed by atoms with Crippen molar-refractivity contribution >= 4 is 39.1 Å². The van der Waals surface area contributed by atoms with Crippen molar-refractivity contribution in [2.24, 2.45) is 0 Å². The van der Waals surface area contributed by atoms with Gasteiger partial charge in [0.1, 0.15) is 24.1 Å². The van der Waals surface area contributed by atoms with E-state index in [9.17, 15) is 18.0 Å². The third kappa shape index (κ3) is 8.65. The number of carbonyl (C=O) groups is 2. The number of nitrogens with one attached hydrogen (secondary N) is 1. The largest absolute Gasteiger partial charge is 0.497 e. The zero-order chi connectivity index (χ0) is 34.8. The highest BCUT2D eigenvalue weighted by Crippen LogP contribution is 2.37. The van der Waals surface area contributed by atoms with Gasteiger partial charge in [-0.1, -0.05) is 49.9 Å². The van der Waals surface area contributed by atoms with Crippen LogP contribution < -0.4 is 28.6 Å². The van der Waals surface area contributed by atoms with E-state index in [4.69, 9.17) is 30.5 Å². The maximum absolute atomic E-state index is 14.6. The van der Waals surface area contributed by atoms with Crippen LogP contribution in [-0.2, 0) is 26.2 Å². The van der Waals surface area contributed by atoms with Crippen molar-refractivity contribution in [2.45, 2.75) is 69.0 Å². The predicted octanol–water partition coefficient (Wildman–Crippen LogP) is 5.83. The topological polar surface area (TPSA) is 124 Å². The van der Waals surface area contributed by atoms with Crippen molar-refractivity contribution in [1.29, 1.82) is 0 Å². The van der Waals surface area contributed by atoms with Crippen LogP contribution in [0.4, 0.5) is 5.69 Å². The quantitative estimate of drug-likeness (QED) is 0.210. The third-order valence-electron chi connectivity index (χ3n) is 8.46. The van der Waals surface area contributed by atoms with Crippen LogP contribution in [0.25, 0.3) is 0 Å². The fourth-order valence-corrected chi connectivity index (χ4v) is 7.51. The van der Waals surface area contributed by atoms with E-state index in [-0.39, 0.29) is 45.6 Å². The van der Waals surface area contributed by atoms with Gasteiger partial charge < -0.3 is 29.2 Å². The van der Waals surface area contributed by atoms with E-state index in [1.165, 1.54) is 56.6 Å². The standard InChI is InChI=1S/C35H44ClN3O8S/c1-6-29(35(41)37-26-12-8-7-9-13-26)38(22-24-11-10-14-27(19-24)44-2)34(40)23-39(30-20-25(36)15-17-31(30)45-3)48(42,43)28-16-18-32(46-4)33(21-28)47-5/h10-11,14-21,26,29H,6-9,12-13,22-23H2,1-5H3,(H,37,41)/t29-/m1/s1. The Labute approximate surface area is 288 Å². The SMILES string of the molecule is CC[C@H](C(=O)NC1CCCCC1)N(Cc1cccc(OC)c1)C(=O)CN(c1cc(Cl)ccc1OC)S(=O)(=O)c1ccc(OC)c(OC)c1. The van der Waals surface area contributed by atoms with Crippen molar-refractivity contribution < 1.29 is 37.0 Å². The number of ether oxygens (including phenoxy) is 4. The molecule has 0 bridgehead atoms. The van der Waals surface area contributed by atoms with Gasteiger partial charge in [0.15, 0.2) is 11.5 Å². The maximum Gasteiger partial charge on any atom is 0.265 e. The average molecular weight is 702 g/mol. The van der Waals surface area contributed by atoms with Crippen molar-refractivity contribution in [1.82, 2.24) is 10.2 Å². The van der Waals surface area contributed by atoms with Crippen LogP contribution in [0.2, 0.25) is 5.02 Å². The molecule has 4 rings (SSSR count). The lowest BCUT2D eigenvalue weighted by atomic mass is 9.95. The van der Waals surface area contributed by atoms with Crippen molar-refractivity contribution in [3.63, 3.8) is 0 Å². The van der Waals surface area contributed by atoms with Crippen LogP contribution in [0.3, 0.4) is 0 Å². The molecule has 3 aromatic rings. The van der Waals surface area contributed by atoms with E-state index in [0.29, 0.717) is 23.5 Å². The lowest BCUT2D eigenvalue weighted by Gasteiger charge is -2.34. The van der Waals surface area contributed by atoms with Gasteiger partial charge in [-0.2, -0.15) is 0 Å². The molecule has 0 unspecified atom stereocenters. The summed E-state index contributed by atoms with van der Waals surface area (Å²) in [6, 6.07) is 15.0. The Hall–Kier alpha value is -4.16. The minimum Gasteiger partial charge on any atom is -0.497 e. The average Bonchev–Trinajstić information content (AvgIpc) is 3.10. The molecule has 0 radical (unpaired) electrons. The molecule has 0 saturated heterocycles. The van der Waals surface area contributed by atoms with Gasteiger partial charge in [0, 0.05) is 23.7 Å². The van der Waals surface area contributed by atoms with Gasteiger partial charge in [-0.25, -0.2) is 8.42 Å². The maximum atomic E-state index is 14.6. The van der Waals surface area contributed by atoms with Crippen molar-refractivity contribution in [3.05, 3.63) is 71.2 Å². The van der Waals surface area contributed by atoms with Gasteiger partial charge in [-0.3, -0.25) is 13.9 Å². The van der Waals surface area contributed by atoms with Gasteiger partial charge in [0.25, 0.3) is 10.0 Å². The van der Waals surface area contributed by atoms with Crippen LogP contribution in [0.15, 0.2) is 65.6 Å². The molecule has 1 atom stereocenters. The van der Waals surface area contributed by atoms with Gasteiger partial charge in [-0.15, -0.1) is 0 Å². The highest BCUT2D eigenvalue weighted by atomic mass is 35.5. The number of benzene rings is 3. The molecule has 1 aliphatic carbocycles. The number of halogens is 1. The van der Waals surface area contributed by atoms with E-state index >= 15 is 0 Å². The molecular formula is C35H44ClN3O8S. The number of nitrogens with zero attached hydrogens (tertiary/aromatic N) is 2. The Kier molecular flexibility index (Phi) is 12.8. The van der Waals surface area contributed by atoms with Crippen LogP contribution in [0, 0.1) is 0 Å². The second-order valence-corrected chi connectivity index (χ2v) is 13.8. The summed E-state index contributed by atoms with van der Waals surface area (Å²) in [7, 11) is 1.33. The van der Waals surface area contributed by atoms with Gasteiger partial charge in [0.05, 0.1) is 39.0 Å². The molecule has 11 nitrogen and oxygen atoms in total. The number of hydrogen-bond acceptors (Lipinski definition) is 8. The molecular weight excluding hydrogens is 658 g/mol. The second kappa shape index (κ2) is 16.8. The summed E-state index contributed by atoms with van der Waals surface area (Å²) >= 11 is 6.37. The first-order valence-corrected chi connectivity index (χ1v) is 17.7. The zero-order valence-corrected chi connectivity index (χ0v) is 29.6. The van der Waals surface area contributed by atoms with Crippen LogP contribution in [0.5, 0.6) is 23.0 Å². The van der Waals surface area contributed by atoms with Crippen LogP contribution >= 0.6 is 11.6 Å². The first-order chi connectivity index (χ1) is 23.1. The summed E-state index contributed by atoms with van der Waals surface area (Å²) in [5, 5.41) is 3.38. The predicted molar refractivity (Wildman–Crippen MR) is 185 cm³/mol. The molecule has 260 valence electrons. The molecule has 1 aliphatic rings. The normalized spacial score (nSPS) is 14.0. The number of rotatable bonds is 15. The van der Waals surface area contributed by atoms with E-state index < -0.39 is 28.5 Å².